The molecule has 2 rings (SSSR count). The van der Waals surface area contributed by atoms with Crippen molar-refractivity contribution < 1.29 is 9.59 Å². The van der Waals surface area contributed by atoms with Crippen LogP contribution >= 0.6 is 23.4 Å². The molecule has 0 aromatic heterocycles. The SMILES string of the molecule is C=CCNC(=O)CC1Sc2ccc(Cl)cc2NC1=O. The number of benzene rings is 1. The summed E-state index contributed by atoms with van der Waals surface area (Å²) >= 11 is 7.25. The Labute approximate surface area is 120 Å². The second-order valence-electron chi connectivity index (χ2n) is 4.03. The lowest BCUT2D eigenvalue weighted by molar-refractivity contribution is -0.123. The number of carbonyl (C=O) groups is 2. The summed E-state index contributed by atoms with van der Waals surface area (Å²) in [4.78, 5) is 24.4. The summed E-state index contributed by atoms with van der Waals surface area (Å²) in [5.41, 5.74) is 0.699. The average Bonchev–Trinajstić information content (AvgIpc) is 2.37. The van der Waals surface area contributed by atoms with Gasteiger partial charge < -0.3 is 10.6 Å². The Morgan fingerprint density at radius 1 is 1.58 bits per heavy atom. The van der Waals surface area contributed by atoms with E-state index < -0.39 is 5.25 Å². The molecule has 0 saturated heterocycles. The third kappa shape index (κ3) is 3.52. The van der Waals surface area contributed by atoms with E-state index in [2.05, 4.69) is 17.2 Å². The van der Waals surface area contributed by atoms with Crippen LogP contribution < -0.4 is 10.6 Å². The molecule has 2 amide bonds. The summed E-state index contributed by atoms with van der Waals surface area (Å²) in [5, 5.41) is 5.58. The number of thioether (sulfide) groups is 1. The molecular formula is C13H13ClN2O2S. The average molecular weight is 297 g/mol. The van der Waals surface area contributed by atoms with Crippen LogP contribution in [-0.2, 0) is 9.59 Å². The van der Waals surface area contributed by atoms with Gasteiger partial charge in [0.05, 0.1) is 10.9 Å². The molecule has 0 bridgehead atoms. The van der Waals surface area contributed by atoms with Gasteiger partial charge in [-0.3, -0.25) is 9.59 Å². The quantitative estimate of drug-likeness (QED) is 0.839. The zero-order chi connectivity index (χ0) is 13.8. The Morgan fingerprint density at radius 2 is 2.37 bits per heavy atom. The van der Waals surface area contributed by atoms with E-state index in [1.807, 2.05) is 6.07 Å². The molecule has 0 radical (unpaired) electrons. The minimum Gasteiger partial charge on any atom is -0.353 e. The van der Waals surface area contributed by atoms with E-state index in [4.69, 9.17) is 11.6 Å². The summed E-state index contributed by atoms with van der Waals surface area (Å²) < 4.78 is 0. The molecule has 1 aromatic carbocycles. The van der Waals surface area contributed by atoms with Crippen molar-refractivity contribution in [1.82, 2.24) is 5.32 Å². The molecule has 100 valence electrons. The number of hydrogen-bond donors (Lipinski definition) is 2. The number of hydrogen-bond acceptors (Lipinski definition) is 3. The molecule has 0 saturated carbocycles. The number of carbonyl (C=O) groups excluding carboxylic acids is 2. The van der Waals surface area contributed by atoms with Gasteiger partial charge in [0, 0.05) is 22.9 Å². The van der Waals surface area contributed by atoms with Crippen molar-refractivity contribution in [2.24, 2.45) is 0 Å². The molecule has 4 nitrogen and oxygen atoms in total. The maximum absolute atomic E-state index is 11.9. The lowest BCUT2D eigenvalue weighted by Crippen LogP contribution is -2.34. The fourth-order valence-corrected chi connectivity index (χ4v) is 2.95. The van der Waals surface area contributed by atoms with Gasteiger partial charge in [-0.2, -0.15) is 0 Å². The Morgan fingerprint density at radius 3 is 3.11 bits per heavy atom. The molecule has 2 N–H and O–H groups in total. The van der Waals surface area contributed by atoms with Crippen molar-refractivity contribution in [3.8, 4) is 0 Å². The van der Waals surface area contributed by atoms with Gasteiger partial charge in [0.15, 0.2) is 0 Å². The van der Waals surface area contributed by atoms with E-state index in [1.54, 1.807) is 18.2 Å². The first-order valence-electron chi connectivity index (χ1n) is 5.75. The van der Waals surface area contributed by atoms with E-state index in [9.17, 15) is 9.59 Å². The van der Waals surface area contributed by atoms with Crippen LogP contribution in [0.1, 0.15) is 6.42 Å². The largest absolute Gasteiger partial charge is 0.353 e. The summed E-state index contributed by atoms with van der Waals surface area (Å²) in [6.07, 6.45) is 1.75. The van der Waals surface area contributed by atoms with Gasteiger partial charge in [0.2, 0.25) is 11.8 Å². The highest BCUT2D eigenvalue weighted by Crippen LogP contribution is 2.38. The lowest BCUT2D eigenvalue weighted by Gasteiger charge is -2.23. The van der Waals surface area contributed by atoms with Crippen LogP contribution in [0.15, 0.2) is 35.7 Å². The zero-order valence-electron chi connectivity index (χ0n) is 10.1. The number of halogens is 1. The van der Waals surface area contributed by atoms with E-state index in [1.165, 1.54) is 11.8 Å². The maximum atomic E-state index is 11.9. The molecule has 1 aliphatic rings. The molecule has 1 unspecified atom stereocenters. The highest BCUT2D eigenvalue weighted by molar-refractivity contribution is 8.01. The van der Waals surface area contributed by atoms with Gasteiger partial charge >= 0.3 is 0 Å². The second-order valence-corrected chi connectivity index (χ2v) is 5.71. The van der Waals surface area contributed by atoms with Gasteiger partial charge in [0.25, 0.3) is 0 Å². The van der Waals surface area contributed by atoms with Crippen molar-refractivity contribution in [1.29, 1.82) is 0 Å². The predicted molar refractivity (Wildman–Crippen MR) is 77.6 cm³/mol. The second kappa shape index (κ2) is 6.12. The topological polar surface area (TPSA) is 58.2 Å². The molecule has 6 heteroatoms. The molecule has 1 heterocycles. The Hall–Kier alpha value is -1.46. The van der Waals surface area contributed by atoms with Crippen LogP contribution in [0.5, 0.6) is 0 Å². The van der Waals surface area contributed by atoms with Gasteiger partial charge in [-0.05, 0) is 18.2 Å². The molecule has 0 aliphatic carbocycles. The number of anilines is 1. The van der Waals surface area contributed by atoms with Gasteiger partial charge in [-0.1, -0.05) is 17.7 Å². The van der Waals surface area contributed by atoms with E-state index in [0.717, 1.165) is 4.90 Å². The van der Waals surface area contributed by atoms with Crippen molar-refractivity contribution >= 4 is 40.9 Å². The normalized spacial score (nSPS) is 17.3. The first kappa shape index (κ1) is 14.0. The summed E-state index contributed by atoms with van der Waals surface area (Å²) in [6, 6.07) is 5.31. The number of nitrogens with one attached hydrogen (secondary N) is 2. The van der Waals surface area contributed by atoms with Crippen LogP contribution in [-0.4, -0.2) is 23.6 Å². The molecule has 19 heavy (non-hydrogen) atoms. The van der Waals surface area contributed by atoms with Crippen molar-refractivity contribution in [3.05, 3.63) is 35.9 Å². The molecular weight excluding hydrogens is 284 g/mol. The lowest BCUT2D eigenvalue weighted by atomic mass is 10.2. The Balaban J connectivity index is 2.05. The van der Waals surface area contributed by atoms with Crippen molar-refractivity contribution in [3.63, 3.8) is 0 Å². The molecule has 0 fully saturated rings. The minimum absolute atomic E-state index is 0.145. The first-order chi connectivity index (χ1) is 9.10. The van der Waals surface area contributed by atoms with Crippen LogP contribution in [0.25, 0.3) is 0 Å². The maximum Gasteiger partial charge on any atom is 0.238 e. The fourth-order valence-electron chi connectivity index (χ4n) is 1.68. The van der Waals surface area contributed by atoms with Crippen LogP contribution in [0.4, 0.5) is 5.69 Å². The van der Waals surface area contributed by atoms with Gasteiger partial charge in [-0.25, -0.2) is 0 Å². The summed E-state index contributed by atoms with van der Waals surface area (Å²) in [6.45, 7) is 3.93. The predicted octanol–water partition coefficient (Wildman–Crippen LogP) is 2.45. The molecule has 0 spiro atoms. The van der Waals surface area contributed by atoms with Crippen molar-refractivity contribution in [2.45, 2.75) is 16.6 Å². The highest BCUT2D eigenvalue weighted by atomic mass is 35.5. The van der Waals surface area contributed by atoms with E-state index >= 15 is 0 Å². The number of fused-ring (bicyclic) bond motifs is 1. The van der Waals surface area contributed by atoms with Gasteiger partial charge in [0.1, 0.15) is 0 Å². The molecule has 1 aromatic rings. The minimum atomic E-state index is -0.418. The van der Waals surface area contributed by atoms with E-state index in [-0.39, 0.29) is 18.2 Å². The smallest absolute Gasteiger partial charge is 0.238 e. The monoisotopic (exact) mass is 296 g/mol. The number of amides is 2. The van der Waals surface area contributed by atoms with Crippen molar-refractivity contribution in [2.75, 3.05) is 11.9 Å². The molecule has 1 atom stereocenters. The third-order valence-electron chi connectivity index (χ3n) is 2.58. The van der Waals surface area contributed by atoms with Crippen LogP contribution in [0, 0.1) is 0 Å². The fraction of sp³-hybridized carbons (Fsp3) is 0.231. The first-order valence-corrected chi connectivity index (χ1v) is 7.00. The van der Waals surface area contributed by atoms with Gasteiger partial charge in [-0.15, -0.1) is 18.3 Å². The van der Waals surface area contributed by atoms with E-state index in [0.29, 0.717) is 17.3 Å². The molecule has 1 aliphatic heterocycles. The number of rotatable bonds is 4. The van der Waals surface area contributed by atoms with Crippen LogP contribution in [0.2, 0.25) is 5.02 Å². The Bertz CT molecular complexity index is 533. The van der Waals surface area contributed by atoms with Crippen LogP contribution in [0.3, 0.4) is 0 Å². The Kier molecular flexibility index (Phi) is 4.50. The standard InChI is InChI=1S/C13H13ClN2O2S/c1-2-5-15-12(17)7-11-13(18)16-9-6-8(14)3-4-10(9)19-11/h2-4,6,11H,1,5,7H2,(H,15,17)(H,16,18). The summed E-state index contributed by atoms with van der Waals surface area (Å²) in [7, 11) is 0. The third-order valence-corrected chi connectivity index (χ3v) is 4.09. The summed E-state index contributed by atoms with van der Waals surface area (Å²) in [5.74, 6) is -0.335. The highest BCUT2D eigenvalue weighted by Gasteiger charge is 2.28. The zero-order valence-corrected chi connectivity index (χ0v) is 11.7.